The summed E-state index contributed by atoms with van der Waals surface area (Å²) in [5, 5.41) is 8.56. The summed E-state index contributed by atoms with van der Waals surface area (Å²) in [5.74, 6) is 0.573. The molecule has 13 heteroatoms. The number of carbonyl (C=O) groups is 1. The monoisotopic (exact) mass is 536 g/mol. The minimum atomic E-state index is -0.592. The largest absolute Gasteiger partial charge is 0.491 e. The number of nitrogens with one attached hydrogen (secondary N) is 4. The highest BCUT2D eigenvalue weighted by Crippen LogP contribution is 2.26. The number of aromatic amines is 1. The van der Waals surface area contributed by atoms with E-state index in [0.29, 0.717) is 61.8 Å². The van der Waals surface area contributed by atoms with Crippen molar-refractivity contribution in [3.8, 4) is 16.9 Å². The molecule has 1 aromatic heterocycles. The van der Waals surface area contributed by atoms with Crippen LogP contribution in [0.3, 0.4) is 0 Å². The fourth-order valence-corrected chi connectivity index (χ4v) is 3.55. The molecule has 1 heterocycles. The molecule has 0 spiro atoms. The Morgan fingerprint density at radius 3 is 2.49 bits per heavy atom. The molecule has 13 nitrogen and oxygen atoms in total. The van der Waals surface area contributed by atoms with Gasteiger partial charge in [0.2, 0.25) is 5.95 Å². The smallest absolute Gasteiger partial charge is 0.326 e. The number of hydrogen-bond acceptors (Lipinski definition) is 8. The number of ether oxygens (including phenoxy) is 1. The second-order valence-corrected chi connectivity index (χ2v) is 8.61. The first kappa shape index (κ1) is 29.1. The van der Waals surface area contributed by atoms with Crippen molar-refractivity contribution in [1.29, 1.82) is 0 Å². The van der Waals surface area contributed by atoms with Gasteiger partial charge in [-0.2, -0.15) is 0 Å². The number of H-pyrrole nitrogens is 1. The zero-order valence-electron chi connectivity index (χ0n) is 21.7. The normalized spacial score (nSPS) is 10.6. The predicted molar refractivity (Wildman–Crippen MR) is 153 cm³/mol. The Morgan fingerprint density at radius 2 is 1.79 bits per heavy atom. The lowest BCUT2D eigenvalue weighted by molar-refractivity contribution is 0.261. The highest BCUT2D eigenvalue weighted by atomic mass is 16.5. The molecule has 0 radical (unpaired) electrons. The third-order valence-corrected chi connectivity index (χ3v) is 5.57. The van der Waals surface area contributed by atoms with Crippen LogP contribution in [0.25, 0.3) is 11.1 Å². The highest BCUT2D eigenvalue weighted by molar-refractivity contribution is 5.99. The van der Waals surface area contributed by atoms with Crippen molar-refractivity contribution in [2.75, 3.05) is 36.9 Å². The van der Waals surface area contributed by atoms with Crippen LogP contribution in [0.15, 0.2) is 58.4 Å². The molecule has 0 aliphatic carbocycles. The van der Waals surface area contributed by atoms with Gasteiger partial charge in [-0.05, 0) is 54.8 Å². The Morgan fingerprint density at radius 1 is 1.03 bits per heavy atom. The summed E-state index contributed by atoms with van der Waals surface area (Å²) in [7, 11) is 0. The average Bonchev–Trinajstić information content (AvgIpc) is 2.92. The maximum absolute atomic E-state index is 12.7. The SMILES string of the molecule is NCCCOc1cc(CN)ccc1NC(=O)Nc1ncc(-c2ccc(CNCCCN=C(N)N)cc2)c(=O)[nH]1. The van der Waals surface area contributed by atoms with Crippen LogP contribution in [0.4, 0.5) is 16.4 Å². The lowest BCUT2D eigenvalue weighted by Gasteiger charge is -2.14. The van der Waals surface area contributed by atoms with E-state index >= 15 is 0 Å². The summed E-state index contributed by atoms with van der Waals surface area (Å²) in [5.41, 5.74) is 24.9. The Labute approximate surface area is 226 Å². The van der Waals surface area contributed by atoms with Gasteiger partial charge in [0, 0.05) is 25.8 Å². The van der Waals surface area contributed by atoms with Crippen LogP contribution in [0, 0.1) is 0 Å². The molecule has 0 saturated heterocycles. The molecule has 2 amide bonds. The quantitative estimate of drug-likeness (QED) is 0.0834. The molecule has 0 saturated carbocycles. The summed E-state index contributed by atoms with van der Waals surface area (Å²) in [6, 6.07) is 12.2. The van der Waals surface area contributed by atoms with E-state index < -0.39 is 6.03 Å². The first-order valence-electron chi connectivity index (χ1n) is 12.6. The predicted octanol–water partition coefficient (Wildman–Crippen LogP) is 1.02. The number of nitrogens with two attached hydrogens (primary N) is 4. The highest BCUT2D eigenvalue weighted by Gasteiger charge is 2.12. The number of rotatable bonds is 14. The van der Waals surface area contributed by atoms with Gasteiger partial charge >= 0.3 is 6.03 Å². The van der Waals surface area contributed by atoms with Crippen LogP contribution in [-0.2, 0) is 13.1 Å². The third kappa shape index (κ3) is 9.41. The van der Waals surface area contributed by atoms with Gasteiger partial charge in [0.15, 0.2) is 5.96 Å². The molecule has 3 rings (SSSR count). The number of benzene rings is 2. The Balaban J connectivity index is 1.57. The molecule has 39 heavy (non-hydrogen) atoms. The summed E-state index contributed by atoms with van der Waals surface area (Å²) in [4.78, 5) is 36.0. The number of aliphatic imine (C=N–C) groups is 1. The lowest BCUT2D eigenvalue weighted by atomic mass is 10.1. The van der Waals surface area contributed by atoms with E-state index in [4.69, 9.17) is 27.7 Å². The van der Waals surface area contributed by atoms with Gasteiger partial charge in [0.05, 0.1) is 17.9 Å². The molecule has 12 N–H and O–H groups in total. The van der Waals surface area contributed by atoms with E-state index in [1.165, 1.54) is 6.20 Å². The molecular formula is C26H36N10O3. The molecule has 0 atom stereocenters. The lowest BCUT2D eigenvalue weighted by Crippen LogP contribution is -2.24. The van der Waals surface area contributed by atoms with Crippen molar-refractivity contribution < 1.29 is 9.53 Å². The van der Waals surface area contributed by atoms with Gasteiger partial charge in [-0.1, -0.05) is 30.3 Å². The third-order valence-electron chi connectivity index (χ3n) is 5.57. The molecule has 0 unspecified atom stereocenters. The van der Waals surface area contributed by atoms with Crippen molar-refractivity contribution in [1.82, 2.24) is 15.3 Å². The van der Waals surface area contributed by atoms with Crippen LogP contribution in [0.5, 0.6) is 5.75 Å². The molecule has 0 fully saturated rings. The van der Waals surface area contributed by atoms with Crippen molar-refractivity contribution in [2.24, 2.45) is 27.9 Å². The van der Waals surface area contributed by atoms with Crippen molar-refractivity contribution in [2.45, 2.75) is 25.9 Å². The van der Waals surface area contributed by atoms with Gasteiger partial charge in [-0.3, -0.25) is 20.1 Å². The fraction of sp³-hybridized carbons (Fsp3) is 0.308. The van der Waals surface area contributed by atoms with E-state index in [9.17, 15) is 9.59 Å². The zero-order valence-corrected chi connectivity index (χ0v) is 21.7. The van der Waals surface area contributed by atoms with Gasteiger partial charge in [-0.25, -0.2) is 9.78 Å². The first-order valence-corrected chi connectivity index (χ1v) is 12.6. The average molecular weight is 537 g/mol. The zero-order chi connectivity index (χ0) is 28.0. The first-order chi connectivity index (χ1) is 18.9. The minimum absolute atomic E-state index is 0.00646. The van der Waals surface area contributed by atoms with Crippen molar-refractivity contribution in [3.63, 3.8) is 0 Å². The molecule has 0 aliphatic heterocycles. The van der Waals surface area contributed by atoms with Gasteiger partial charge in [0.25, 0.3) is 5.56 Å². The number of anilines is 2. The maximum Gasteiger partial charge on any atom is 0.326 e. The number of amides is 2. The summed E-state index contributed by atoms with van der Waals surface area (Å²) < 4.78 is 5.74. The maximum atomic E-state index is 12.7. The van der Waals surface area contributed by atoms with Crippen LogP contribution in [0.2, 0.25) is 0 Å². The Kier molecular flexibility index (Phi) is 11.2. The number of carbonyl (C=O) groups excluding carboxylic acids is 1. The van der Waals surface area contributed by atoms with Gasteiger partial charge in [0.1, 0.15) is 5.75 Å². The van der Waals surface area contributed by atoms with E-state index in [-0.39, 0.29) is 17.5 Å². The number of hydrogen-bond donors (Lipinski definition) is 8. The fourth-order valence-electron chi connectivity index (χ4n) is 3.55. The van der Waals surface area contributed by atoms with Crippen LogP contribution in [0.1, 0.15) is 24.0 Å². The summed E-state index contributed by atoms with van der Waals surface area (Å²) in [6.45, 7) is 3.23. The van der Waals surface area contributed by atoms with Crippen LogP contribution < -0.4 is 49.2 Å². The van der Waals surface area contributed by atoms with E-state index in [0.717, 1.165) is 24.1 Å². The standard InChI is InChI=1S/C26H36N10O3/c27-9-1-12-39-22-13-18(14-28)5-8-21(22)34-26(38)36-25-33-16-20(23(37)35-25)19-6-3-17(4-7-19)15-31-10-2-11-32-24(29)30/h3-8,13,16,31H,1-2,9-12,14-15,27-28H2,(H4,29,30,32)(H3,33,34,35,36,37,38). The van der Waals surface area contributed by atoms with E-state index in [1.807, 2.05) is 24.3 Å². The second-order valence-electron chi connectivity index (χ2n) is 8.61. The van der Waals surface area contributed by atoms with Crippen LogP contribution in [-0.4, -0.2) is 48.2 Å². The molecule has 2 aromatic carbocycles. The van der Waals surface area contributed by atoms with Crippen molar-refractivity contribution in [3.05, 3.63) is 70.1 Å². The number of urea groups is 1. The summed E-state index contributed by atoms with van der Waals surface area (Å²) in [6.07, 6.45) is 2.90. The molecule has 0 aliphatic rings. The number of aromatic nitrogens is 2. The van der Waals surface area contributed by atoms with Gasteiger partial charge < -0.3 is 38.3 Å². The Hall–Kier alpha value is -4.46. The van der Waals surface area contributed by atoms with E-state index in [1.54, 1.807) is 18.2 Å². The molecule has 3 aromatic rings. The molecular weight excluding hydrogens is 500 g/mol. The van der Waals surface area contributed by atoms with Gasteiger partial charge in [-0.15, -0.1) is 0 Å². The Bertz CT molecular complexity index is 1300. The minimum Gasteiger partial charge on any atom is -0.491 e. The van der Waals surface area contributed by atoms with Crippen molar-refractivity contribution >= 4 is 23.6 Å². The summed E-state index contributed by atoms with van der Waals surface area (Å²) >= 11 is 0. The topological polar surface area (TPSA) is 225 Å². The molecule has 0 bridgehead atoms. The second kappa shape index (κ2) is 15.1. The van der Waals surface area contributed by atoms with E-state index in [2.05, 4.69) is 30.9 Å². The number of guanidine groups is 1. The molecule has 208 valence electrons. The number of nitrogens with zero attached hydrogens (tertiary/aromatic N) is 2. The van der Waals surface area contributed by atoms with Crippen LogP contribution >= 0.6 is 0 Å².